The third kappa shape index (κ3) is 3.54. The van der Waals surface area contributed by atoms with E-state index >= 15 is 0 Å². The highest BCUT2D eigenvalue weighted by molar-refractivity contribution is 7.15. The molecule has 0 aliphatic heterocycles. The molecule has 0 bridgehead atoms. The largest absolute Gasteiger partial charge is 0.461 e. The third-order valence-corrected chi connectivity index (χ3v) is 4.40. The zero-order valence-electron chi connectivity index (χ0n) is 11.1. The van der Waals surface area contributed by atoms with Crippen LogP contribution in [-0.2, 0) is 11.3 Å². The van der Waals surface area contributed by atoms with Crippen LogP contribution < -0.4 is 5.32 Å². The molecule has 2 heterocycles. The number of esters is 1. The summed E-state index contributed by atoms with van der Waals surface area (Å²) in [6.45, 7) is 6.85. The van der Waals surface area contributed by atoms with E-state index in [0.29, 0.717) is 12.3 Å². The van der Waals surface area contributed by atoms with Gasteiger partial charge in [0.05, 0.1) is 13.2 Å². The summed E-state index contributed by atoms with van der Waals surface area (Å²) in [6, 6.07) is 4.19. The summed E-state index contributed by atoms with van der Waals surface area (Å²) in [6.07, 6.45) is 0. The van der Waals surface area contributed by atoms with Gasteiger partial charge in [-0.1, -0.05) is 0 Å². The number of anilines is 1. The van der Waals surface area contributed by atoms with Gasteiger partial charge in [0.25, 0.3) is 0 Å². The summed E-state index contributed by atoms with van der Waals surface area (Å²) in [5, 5.41) is 4.00. The van der Waals surface area contributed by atoms with E-state index in [9.17, 15) is 4.79 Å². The van der Waals surface area contributed by atoms with E-state index in [2.05, 4.69) is 29.4 Å². The highest BCUT2D eigenvalue weighted by Crippen LogP contribution is 2.24. The molecule has 0 amide bonds. The van der Waals surface area contributed by atoms with Gasteiger partial charge in [-0.25, -0.2) is 9.78 Å². The van der Waals surface area contributed by atoms with Crippen LogP contribution in [0.5, 0.6) is 0 Å². The van der Waals surface area contributed by atoms with E-state index < -0.39 is 0 Å². The first-order chi connectivity index (χ1) is 9.10. The van der Waals surface area contributed by atoms with E-state index in [0.717, 1.165) is 16.6 Å². The van der Waals surface area contributed by atoms with Crippen molar-refractivity contribution >= 4 is 33.8 Å². The highest BCUT2D eigenvalue weighted by Gasteiger charge is 2.16. The van der Waals surface area contributed by atoms with Crippen molar-refractivity contribution in [3.05, 3.63) is 32.5 Å². The maximum absolute atomic E-state index is 11.7. The smallest absolute Gasteiger partial charge is 0.358 e. The van der Waals surface area contributed by atoms with Crippen LogP contribution >= 0.6 is 22.7 Å². The number of aryl methyl sites for hydroxylation is 2. The van der Waals surface area contributed by atoms with Crippen molar-refractivity contribution in [3.63, 3.8) is 0 Å². The number of carbonyl (C=O) groups is 1. The van der Waals surface area contributed by atoms with Crippen LogP contribution in [0, 0.1) is 13.8 Å². The van der Waals surface area contributed by atoms with E-state index in [1.165, 1.54) is 21.1 Å². The minimum atomic E-state index is -0.351. The fraction of sp³-hybridized carbons (Fsp3) is 0.385. The molecule has 0 aromatic carbocycles. The molecule has 19 heavy (non-hydrogen) atoms. The predicted octanol–water partition coefficient (Wildman–Crippen LogP) is 3.61. The normalized spacial score (nSPS) is 10.5. The van der Waals surface area contributed by atoms with Crippen LogP contribution in [0.4, 0.5) is 5.13 Å². The Morgan fingerprint density at radius 2 is 2.16 bits per heavy atom. The quantitative estimate of drug-likeness (QED) is 0.856. The average Bonchev–Trinajstić information content (AvgIpc) is 2.93. The minimum Gasteiger partial charge on any atom is -0.461 e. The first-order valence-electron chi connectivity index (χ1n) is 6.04. The number of hydrogen-bond acceptors (Lipinski definition) is 6. The molecule has 0 unspecified atom stereocenters. The van der Waals surface area contributed by atoms with Gasteiger partial charge in [0.15, 0.2) is 10.8 Å². The van der Waals surface area contributed by atoms with E-state index in [1.54, 1.807) is 18.3 Å². The molecule has 102 valence electrons. The number of aromatic nitrogens is 1. The van der Waals surface area contributed by atoms with Gasteiger partial charge in [0.1, 0.15) is 0 Å². The third-order valence-electron chi connectivity index (χ3n) is 2.48. The zero-order valence-corrected chi connectivity index (χ0v) is 12.8. The Morgan fingerprint density at radius 3 is 2.79 bits per heavy atom. The number of nitrogens with zero attached hydrogens (tertiary/aromatic N) is 1. The van der Waals surface area contributed by atoms with Crippen LogP contribution in [0.25, 0.3) is 0 Å². The summed E-state index contributed by atoms with van der Waals surface area (Å²) >= 11 is 3.23. The van der Waals surface area contributed by atoms with Crippen molar-refractivity contribution < 1.29 is 9.53 Å². The van der Waals surface area contributed by atoms with Crippen LogP contribution in [0.15, 0.2) is 12.1 Å². The van der Waals surface area contributed by atoms with Crippen molar-refractivity contribution in [1.82, 2.24) is 4.98 Å². The summed E-state index contributed by atoms with van der Waals surface area (Å²) < 4.78 is 4.97. The molecular weight excluding hydrogens is 280 g/mol. The first-order valence-corrected chi connectivity index (χ1v) is 7.67. The van der Waals surface area contributed by atoms with Crippen molar-refractivity contribution in [1.29, 1.82) is 0 Å². The Kier molecular flexibility index (Phi) is 4.55. The van der Waals surface area contributed by atoms with E-state index in [4.69, 9.17) is 4.74 Å². The van der Waals surface area contributed by atoms with Gasteiger partial charge in [-0.05, 0) is 32.9 Å². The monoisotopic (exact) mass is 296 g/mol. The van der Waals surface area contributed by atoms with E-state index in [1.807, 2.05) is 6.92 Å². The molecule has 2 rings (SSSR count). The molecule has 0 saturated heterocycles. The van der Waals surface area contributed by atoms with Crippen molar-refractivity contribution in [3.8, 4) is 0 Å². The van der Waals surface area contributed by atoms with Crippen molar-refractivity contribution in [2.75, 3.05) is 11.9 Å². The van der Waals surface area contributed by atoms with Gasteiger partial charge in [0, 0.05) is 14.6 Å². The summed E-state index contributed by atoms with van der Waals surface area (Å²) in [5.41, 5.74) is 0.414. The van der Waals surface area contributed by atoms with Crippen molar-refractivity contribution in [2.45, 2.75) is 27.3 Å². The first kappa shape index (κ1) is 14.0. The molecule has 0 fully saturated rings. The Bertz CT molecular complexity index is 575. The maximum Gasteiger partial charge on any atom is 0.358 e. The molecule has 0 spiro atoms. The second-order valence-corrected chi connectivity index (χ2v) is 6.59. The second kappa shape index (κ2) is 6.16. The van der Waals surface area contributed by atoms with Crippen LogP contribution in [0.2, 0.25) is 0 Å². The number of rotatable bonds is 5. The molecular formula is C13H16N2O2S2. The average molecular weight is 296 g/mol. The van der Waals surface area contributed by atoms with Gasteiger partial charge in [0.2, 0.25) is 0 Å². The molecule has 0 radical (unpaired) electrons. The second-order valence-electron chi connectivity index (χ2n) is 4.01. The molecule has 6 heteroatoms. The molecule has 0 aliphatic rings. The SMILES string of the molecule is CCOC(=O)c1nc(NCc2ccc(C)s2)sc1C. The number of carbonyl (C=O) groups excluding carboxylic acids is 1. The topological polar surface area (TPSA) is 51.2 Å². The van der Waals surface area contributed by atoms with Crippen LogP contribution in [0.3, 0.4) is 0 Å². The summed E-state index contributed by atoms with van der Waals surface area (Å²) in [4.78, 5) is 19.4. The standard InChI is InChI=1S/C13H16N2O2S2/c1-4-17-12(16)11-9(3)19-13(15-11)14-7-10-6-5-8(2)18-10/h5-6H,4,7H2,1-3H3,(H,14,15). The van der Waals surface area contributed by atoms with Gasteiger partial charge in [-0.15, -0.1) is 22.7 Å². The van der Waals surface area contributed by atoms with E-state index in [-0.39, 0.29) is 5.97 Å². The van der Waals surface area contributed by atoms with Gasteiger partial charge >= 0.3 is 5.97 Å². The Labute approximate surface area is 120 Å². The molecule has 0 atom stereocenters. The summed E-state index contributed by atoms with van der Waals surface area (Å²) in [5.74, 6) is -0.351. The fourth-order valence-electron chi connectivity index (χ4n) is 1.60. The fourth-order valence-corrected chi connectivity index (χ4v) is 3.23. The lowest BCUT2D eigenvalue weighted by molar-refractivity contribution is 0.0519. The number of thiophene rings is 1. The molecule has 1 N–H and O–H groups in total. The molecule has 4 nitrogen and oxygen atoms in total. The molecule has 0 aliphatic carbocycles. The lowest BCUT2D eigenvalue weighted by atomic mass is 10.4. The maximum atomic E-state index is 11.7. The predicted molar refractivity (Wildman–Crippen MR) is 79.2 cm³/mol. The molecule has 2 aromatic heterocycles. The Morgan fingerprint density at radius 1 is 1.37 bits per heavy atom. The zero-order chi connectivity index (χ0) is 13.8. The van der Waals surface area contributed by atoms with Crippen LogP contribution in [0.1, 0.15) is 32.0 Å². The van der Waals surface area contributed by atoms with Gasteiger partial charge in [-0.2, -0.15) is 0 Å². The summed E-state index contributed by atoms with van der Waals surface area (Å²) in [7, 11) is 0. The number of ether oxygens (including phenoxy) is 1. The molecule has 0 saturated carbocycles. The number of hydrogen-bond donors (Lipinski definition) is 1. The van der Waals surface area contributed by atoms with Crippen LogP contribution in [-0.4, -0.2) is 17.6 Å². The highest BCUT2D eigenvalue weighted by atomic mass is 32.1. The number of nitrogens with one attached hydrogen (secondary N) is 1. The minimum absolute atomic E-state index is 0.351. The van der Waals surface area contributed by atoms with Crippen molar-refractivity contribution in [2.24, 2.45) is 0 Å². The Hall–Kier alpha value is -1.40. The molecule has 2 aromatic rings. The lowest BCUT2D eigenvalue weighted by Crippen LogP contribution is -2.07. The lowest BCUT2D eigenvalue weighted by Gasteiger charge is -1.99. The van der Waals surface area contributed by atoms with Gasteiger partial charge in [-0.3, -0.25) is 0 Å². The van der Waals surface area contributed by atoms with Gasteiger partial charge < -0.3 is 10.1 Å². The number of thiazole rings is 1. The Balaban J connectivity index is 2.01.